The highest BCUT2D eigenvalue weighted by molar-refractivity contribution is 7.89. The van der Waals surface area contributed by atoms with Crippen molar-refractivity contribution in [2.24, 2.45) is 0 Å². The first-order chi connectivity index (χ1) is 13.2. The molecule has 8 nitrogen and oxygen atoms in total. The van der Waals surface area contributed by atoms with Crippen LogP contribution < -0.4 is 10.1 Å². The molecular weight excluding hydrogens is 384 g/mol. The Labute approximate surface area is 164 Å². The quantitative estimate of drug-likeness (QED) is 0.707. The molecule has 1 atom stereocenters. The first-order valence-corrected chi connectivity index (χ1v) is 9.78. The van der Waals surface area contributed by atoms with Crippen molar-refractivity contribution in [3.8, 4) is 5.75 Å². The standard InChI is InChI=1S/C19H22N2O6S/c1-13(18(22)20-16-10-5-6-11-17(16)26-4)27-19(23)14-8-7-9-15(12-14)28(24,25)21(2)3/h5-13H,1-4H3,(H,20,22)/t13-/m0/s1. The molecule has 2 aromatic carbocycles. The highest BCUT2D eigenvalue weighted by Gasteiger charge is 2.22. The smallest absolute Gasteiger partial charge is 0.338 e. The van der Waals surface area contributed by atoms with E-state index in [2.05, 4.69) is 5.32 Å². The predicted octanol–water partition coefficient (Wildman–Crippen LogP) is 2.13. The molecule has 1 amide bonds. The number of para-hydroxylation sites is 2. The van der Waals surface area contributed by atoms with Gasteiger partial charge in [0.15, 0.2) is 6.10 Å². The van der Waals surface area contributed by atoms with Crippen LogP contribution in [0.4, 0.5) is 5.69 Å². The van der Waals surface area contributed by atoms with E-state index in [1.807, 2.05) is 0 Å². The molecule has 2 rings (SSSR count). The van der Waals surface area contributed by atoms with E-state index in [1.54, 1.807) is 24.3 Å². The minimum atomic E-state index is -3.69. The number of hydrogen-bond acceptors (Lipinski definition) is 6. The molecule has 0 aliphatic rings. The molecule has 0 radical (unpaired) electrons. The second-order valence-electron chi connectivity index (χ2n) is 6.05. The fourth-order valence-electron chi connectivity index (χ4n) is 2.26. The molecule has 1 N–H and O–H groups in total. The van der Waals surface area contributed by atoms with E-state index in [0.717, 1.165) is 4.31 Å². The number of rotatable bonds is 7. The van der Waals surface area contributed by atoms with E-state index < -0.39 is 28.0 Å². The molecule has 2 aromatic rings. The fourth-order valence-corrected chi connectivity index (χ4v) is 3.21. The number of anilines is 1. The summed E-state index contributed by atoms with van der Waals surface area (Å²) in [5.74, 6) is -0.885. The van der Waals surface area contributed by atoms with Gasteiger partial charge in [-0.3, -0.25) is 4.79 Å². The van der Waals surface area contributed by atoms with E-state index >= 15 is 0 Å². The zero-order valence-corrected chi connectivity index (χ0v) is 16.8. The van der Waals surface area contributed by atoms with Gasteiger partial charge in [-0.15, -0.1) is 0 Å². The van der Waals surface area contributed by atoms with Gasteiger partial charge < -0.3 is 14.8 Å². The van der Waals surface area contributed by atoms with Crippen LogP contribution in [0.5, 0.6) is 5.75 Å². The lowest BCUT2D eigenvalue weighted by Gasteiger charge is -2.16. The Bertz CT molecular complexity index is 972. The first kappa shape index (κ1) is 21.4. The molecule has 0 unspecified atom stereocenters. The van der Waals surface area contributed by atoms with Crippen molar-refractivity contribution in [2.45, 2.75) is 17.9 Å². The number of benzene rings is 2. The molecule has 0 saturated heterocycles. The lowest BCUT2D eigenvalue weighted by atomic mass is 10.2. The van der Waals surface area contributed by atoms with E-state index in [-0.39, 0.29) is 10.5 Å². The van der Waals surface area contributed by atoms with Crippen molar-refractivity contribution < 1.29 is 27.5 Å². The molecular formula is C19H22N2O6S. The molecule has 9 heteroatoms. The van der Waals surface area contributed by atoms with Crippen molar-refractivity contribution in [1.82, 2.24) is 4.31 Å². The van der Waals surface area contributed by atoms with Crippen LogP contribution in [-0.4, -0.2) is 51.9 Å². The van der Waals surface area contributed by atoms with Gasteiger partial charge in [-0.1, -0.05) is 18.2 Å². The Kier molecular flexibility index (Phi) is 6.76. The molecule has 0 spiro atoms. The summed E-state index contributed by atoms with van der Waals surface area (Å²) in [6, 6.07) is 12.3. The molecule has 150 valence electrons. The summed E-state index contributed by atoms with van der Waals surface area (Å²) in [6.45, 7) is 1.42. The summed E-state index contributed by atoms with van der Waals surface area (Å²) in [4.78, 5) is 24.6. The second kappa shape index (κ2) is 8.85. The molecule has 0 heterocycles. The van der Waals surface area contributed by atoms with Gasteiger partial charge in [0.25, 0.3) is 5.91 Å². The maximum Gasteiger partial charge on any atom is 0.338 e. The second-order valence-corrected chi connectivity index (χ2v) is 8.20. The van der Waals surface area contributed by atoms with E-state index in [9.17, 15) is 18.0 Å². The number of nitrogens with zero attached hydrogens (tertiary/aromatic N) is 1. The van der Waals surface area contributed by atoms with Gasteiger partial charge in [0.05, 0.1) is 23.3 Å². The minimum absolute atomic E-state index is 0.0277. The van der Waals surface area contributed by atoms with Gasteiger partial charge in [-0.2, -0.15) is 0 Å². The van der Waals surface area contributed by atoms with Crippen molar-refractivity contribution in [3.05, 3.63) is 54.1 Å². The number of esters is 1. The van der Waals surface area contributed by atoms with Gasteiger partial charge >= 0.3 is 5.97 Å². The van der Waals surface area contributed by atoms with Crippen LogP contribution in [-0.2, 0) is 19.6 Å². The van der Waals surface area contributed by atoms with Crippen molar-refractivity contribution >= 4 is 27.6 Å². The fraction of sp³-hybridized carbons (Fsp3) is 0.263. The lowest BCUT2D eigenvalue weighted by molar-refractivity contribution is -0.123. The summed E-state index contributed by atoms with van der Waals surface area (Å²) in [5.41, 5.74) is 0.469. The number of carbonyl (C=O) groups is 2. The Morgan fingerprint density at radius 3 is 2.39 bits per heavy atom. The minimum Gasteiger partial charge on any atom is -0.495 e. The van der Waals surface area contributed by atoms with E-state index in [1.165, 1.54) is 52.4 Å². The van der Waals surface area contributed by atoms with Crippen molar-refractivity contribution in [3.63, 3.8) is 0 Å². The Balaban J connectivity index is 2.11. The summed E-state index contributed by atoms with van der Waals surface area (Å²) in [7, 11) is 0.569. The third kappa shape index (κ3) is 4.87. The van der Waals surface area contributed by atoms with Crippen LogP contribution in [0.15, 0.2) is 53.4 Å². The molecule has 0 aromatic heterocycles. The number of amides is 1. The SMILES string of the molecule is COc1ccccc1NC(=O)[C@H](C)OC(=O)c1cccc(S(=O)(=O)N(C)C)c1. The number of methoxy groups -OCH3 is 1. The third-order valence-electron chi connectivity index (χ3n) is 3.87. The molecule has 28 heavy (non-hydrogen) atoms. The lowest BCUT2D eigenvalue weighted by Crippen LogP contribution is -2.30. The molecule has 0 bridgehead atoms. The van der Waals surface area contributed by atoms with Crippen LogP contribution >= 0.6 is 0 Å². The third-order valence-corrected chi connectivity index (χ3v) is 5.68. The average Bonchev–Trinajstić information content (AvgIpc) is 2.68. The maximum atomic E-state index is 12.3. The number of ether oxygens (including phenoxy) is 2. The van der Waals surface area contributed by atoms with Gasteiger partial charge in [-0.05, 0) is 37.3 Å². The van der Waals surface area contributed by atoms with Crippen LogP contribution in [0.1, 0.15) is 17.3 Å². The average molecular weight is 406 g/mol. The Hall–Kier alpha value is -2.91. The first-order valence-electron chi connectivity index (χ1n) is 8.34. The van der Waals surface area contributed by atoms with Crippen LogP contribution in [0.25, 0.3) is 0 Å². The Morgan fingerprint density at radius 1 is 1.07 bits per heavy atom. The largest absolute Gasteiger partial charge is 0.495 e. The normalized spacial score (nSPS) is 12.3. The van der Waals surface area contributed by atoms with Gasteiger partial charge in [0, 0.05) is 14.1 Å². The van der Waals surface area contributed by atoms with Crippen LogP contribution in [0.3, 0.4) is 0 Å². The monoisotopic (exact) mass is 406 g/mol. The zero-order chi connectivity index (χ0) is 20.9. The van der Waals surface area contributed by atoms with Crippen LogP contribution in [0, 0.1) is 0 Å². The molecule has 0 fully saturated rings. The number of nitrogens with one attached hydrogen (secondary N) is 1. The maximum absolute atomic E-state index is 12.3. The highest BCUT2D eigenvalue weighted by Crippen LogP contribution is 2.23. The van der Waals surface area contributed by atoms with E-state index in [0.29, 0.717) is 11.4 Å². The van der Waals surface area contributed by atoms with Gasteiger partial charge in [0.1, 0.15) is 5.75 Å². The highest BCUT2D eigenvalue weighted by atomic mass is 32.2. The molecule has 0 saturated carbocycles. The van der Waals surface area contributed by atoms with E-state index in [4.69, 9.17) is 9.47 Å². The molecule has 0 aliphatic carbocycles. The predicted molar refractivity (Wildman–Crippen MR) is 104 cm³/mol. The summed E-state index contributed by atoms with van der Waals surface area (Å²) in [5, 5.41) is 2.62. The zero-order valence-electron chi connectivity index (χ0n) is 16.0. The summed E-state index contributed by atoms with van der Waals surface area (Å²) < 4.78 is 35.8. The van der Waals surface area contributed by atoms with Gasteiger partial charge in [0.2, 0.25) is 10.0 Å². The Morgan fingerprint density at radius 2 is 1.75 bits per heavy atom. The number of carbonyl (C=O) groups excluding carboxylic acids is 2. The topological polar surface area (TPSA) is 102 Å². The summed E-state index contributed by atoms with van der Waals surface area (Å²) >= 11 is 0. The van der Waals surface area contributed by atoms with Crippen molar-refractivity contribution in [2.75, 3.05) is 26.5 Å². The van der Waals surface area contributed by atoms with Gasteiger partial charge in [-0.25, -0.2) is 17.5 Å². The number of sulfonamides is 1. The summed E-state index contributed by atoms with van der Waals surface area (Å²) in [6.07, 6.45) is -1.11. The molecule has 0 aliphatic heterocycles. The van der Waals surface area contributed by atoms with Crippen LogP contribution in [0.2, 0.25) is 0 Å². The van der Waals surface area contributed by atoms with Crippen molar-refractivity contribution in [1.29, 1.82) is 0 Å². The number of hydrogen-bond donors (Lipinski definition) is 1.